The predicted molar refractivity (Wildman–Crippen MR) is 113 cm³/mol. The molecule has 0 saturated heterocycles. The number of hydrogen-bond acceptors (Lipinski definition) is 5. The van der Waals surface area contributed by atoms with Crippen LogP contribution in [0.25, 0.3) is 0 Å². The number of nitrogen functional groups attached to an aromatic ring is 1. The van der Waals surface area contributed by atoms with Gasteiger partial charge >= 0.3 is 0 Å². The average molecular weight is 356 g/mol. The molecule has 1 aromatic carbocycles. The standard InChI is InChI=1S/C21H33N5/c1-7-10-11-26(9-3)21-19(20(22)23-17(8-2)24-21)25-18-15(5)12-14(4)13-16(18)6/h12-13,25H,7-11H2,1-6H3,(H2,22,23,24). The lowest BCUT2D eigenvalue weighted by molar-refractivity contribution is 0.720. The van der Waals surface area contributed by atoms with Crippen LogP contribution in [0, 0.1) is 20.8 Å². The lowest BCUT2D eigenvalue weighted by Crippen LogP contribution is -2.27. The minimum Gasteiger partial charge on any atom is -0.382 e. The van der Waals surface area contributed by atoms with E-state index >= 15 is 0 Å². The van der Waals surface area contributed by atoms with Crippen LogP contribution in [0.5, 0.6) is 0 Å². The molecule has 5 heteroatoms. The Kier molecular flexibility index (Phi) is 6.83. The minimum absolute atomic E-state index is 0.515. The average Bonchev–Trinajstić information content (AvgIpc) is 2.59. The molecule has 0 aliphatic heterocycles. The van der Waals surface area contributed by atoms with Gasteiger partial charge in [0.15, 0.2) is 11.6 Å². The zero-order chi connectivity index (χ0) is 19.3. The van der Waals surface area contributed by atoms with Crippen LogP contribution in [0.1, 0.15) is 56.1 Å². The normalized spacial score (nSPS) is 10.8. The first-order valence-electron chi connectivity index (χ1n) is 9.67. The number of rotatable bonds is 8. The van der Waals surface area contributed by atoms with Crippen molar-refractivity contribution in [3.63, 3.8) is 0 Å². The van der Waals surface area contributed by atoms with Gasteiger partial charge in [-0.1, -0.05) is 38.0 Å². The van der Waals surface area contributed by atoms with Gasteiger partial charge in [-0.05, 0) is 45.2 Å². The van der Waals surface area contributed by atoms with Gasteiger partial charge in [-0.25, -0.2) is 9.97 Å². The molecule has 2 rings (SSSR count). The van der Waals surface area contributed by atoms with Gasteiger partial charge in [0.1, 0.15) is 11.5 Å². The van der Waals surface area contributed by atoms with E-state index in [4.69, 9.17) is 10.7 Å². The number of nitrogens with one attached hydrogen (secondary N) is 1. The van der Waals surface area contributed by atoms with Crippen molar-refractivity contribution in [2.75, 3.05) is 29.0 Å². The molecule has 2 aromatic rings. The number of nitrogens with two attached hydrogens (primary N) is 1. The van der Waals surface area contributed by atoms with Crippen LogP contribution < -0.4 is 16.0 Å². The molecule has 0 radical (unpaired) electrons. The summed E-state index contributed by atoms with van der Waals surface area (Å²) in [7, 11) is 0. The fraction of sp³-hybridized carbons (Fsp3) is 0.524. The summed E-state index contributed by atoms with van der Waals surface area (Å²) in [6.45, 7) is 14.6. The number of nitrogens with zero attached hydrogens (tertiary/aromatic N) is 3. The van der Waals surface area contributed by atoms with Gasteiger partial charge in [-0.15, -0.1) is 0 Å². The molecular formula is C21H33N5. The molecule has 0 bridgehead atoms. The topological polar surface area (TPSA) is 67.1 Å². The summed E-state index contributed by atoms with van der Waals surface area (Å²) in [5.41, 5.74) is 11.9. The first kappa shape index (κ1) is 20.0. The molecule has 26 heavy (non-hydrogen) atoms. The van der Waals surface area contributed by atoms with Crippen molar-refractivity contribution in [2.45, 2.75) is 60.8 Å². The number of aryl methyl sites for hydroxylation is 4. The van der Waals surface area contributed by atoms with E-state index in [0.717, 1.165) is 55.4 Å². The van der Waals surface area contributed by atoms with Gasteiger partial charge in [0.25, 0.3) is 0 Å². The van der Waals surface area contributed by atoms with Crippen LogP contribution in [0.4, 0.5) is 23.0 Å². The van der Waals surface area contributed by atoms with Crippen molar-refractivity contribution in [1.29, 1.82) is 0 Å². The van der Waals surface area contributed by atoms with Crippen molar-refractivity contribution in [3.05, 3.63) is 34.6 Å². The number of benzene rings is 1. The van der Waals surface area contributed by atoms with Crippen molar-refractivity contribution in [1.82, 2.24) is 9.97 Å². The first-order valence-corrected chi connectivity index (χ1v) is 9.67. The second-order valence-electron chi connectivity index (χ2n) is 6.91. The summed E-state index contributed by atoms with van der Waals surface area (Å²) in [6.07, 6.45) is 3.04. The fourth-order valence-corrected chi connectivity index (χ4v) is 3.28. The zero-order valence-electron chi connectivity index (χ0n) is 17.1. The molecule has 0 atom stereocenters. The highest BCUT2D eigenvalue weighted by molar-refractivity contribution is 5.83. The van der Waals surface area contributed by atoms with Gasteiger partial charge < -0.3 is 16.0 Å². The fourth-order valence-electron chi connectivity index (χ4n) is 3.28. The molecule has 1 heterocycles. The van der Waals surface area contributed by atoms with Gasteiger partial charge in [-0.2, -0.15) is 0 Å². The molecule has 0 fully saturated rings. The van der Waals surface area contributed by atoms with Crippen LogP contribution >= 0.6 is 0 Å². The SMILES string of the molecule is CCCCN(CC)c1nc(CC)nc(N)c1Nc1c(C)cc(C)cc1C. The number of anilines is 4. The van der Waals surface area contributed by atoms with Gasteiger partial charge in [0, 0.05) is 25.2 Å². The summed E-state index contributed by atoms with van der Waals surface area (Å²) in [6, 6.07) is 4.36. The molecule has 1 aromatic heterocycles. The van der Waals surface area contributed by atoms with Gasteiger partial charge in [0.2, 0.25) is 0 Å². The molecule has 142 valence electrons. The summed E-state index contributed by atoms with van der Waals surface area (Å²) < 4.78 is 0. The Labute approximate surface area is 158 Å². The van der Waals surface area contributed by atoms with Gasteiger partial charge in [-0.3, -0.25) is 0 Å². The summed E-state index contributed by atoms with van der Waals surface area (Å²) in [5.74, 6) is 2.21. The lowest BCUT2D eigenvalue weighted by atomic mass is 10.0. The Morgan fingerprint density at radius 1 is 1.00 bits per heavy atom. The molecule has 0 aliphatic rings. The maximum absolute atomic E-state index is 6.36. The maximum Gasteiger partial charge on any atom is 0.158 e. The van der Waals surface area contributed by atoms with Crippen molar-refractivity contribution < 1.29 is 0 Å². The Hall–Kier alpha value is -2.30. The molecule has 0 aliphatic carbocycles. The van der Waals surface area contributed by atoms with E-state index in [9.17, 15) is 0 Å². The number of unbranched alkanes of at least 4 members (excludes halogenated alkanes) is 1. The smallest absolute Gasteiger partial charge is 0.158 e. The second kappa shape index (κ2) is 8.88. The highest BCUT2D eigenvalue weighted by Gasteiger charge is 2.18. The number of hydrogen-bond donors (Lipinski definition) is 2. The van der Waals surface area contributed by atoms with Crippen LogP contribution in [-0.4, -0.2) is 23.1 Å². The van der Waals surface area contributed by atoms with E-state index in [1.54, 1.807) is 0 Å². The molecular weight excluding hydrogens is 322 g/mol. The van der Waals surface area contributed by atoms with E-state index in [1.807, 2.05) is 0 Å². The molecule has 0 amide bonds. The van der Waals surface area contributed by atoms with Crippen LogP contribution in [0.15, 0.2) is 12.1 Å². The van der Waals surface area contributed by atoms with E-state index in [-0.39, 0.29) is 0 Å². The Bertz CT molecular complexity index is 731. The highest BCUT2D eigenvalue weighted by atomic mass is 15.2. The molecule has 3 N–H and O–H groups in total. The Morgan fingerprint density at radius 2 is 1.65 bits per heavy atom. The monoisotopic (exact) mass is 355 g/mol. The Morgan fingerprint density at radius 3 is 2.19 bits per heavy atom. The lowest BCUT2D eigenvalue weighted by Gasteiger charge is -2.26. The summed E-state index contributed by atoms with van der Waals surface area (Å²) >= 11 is 0. The third-order valence-electron chi connectivity index (χ3n) is 4.67. The molecule has 5 nitrogen and oxygen atoms in total. The van der Waals surface area contributed by atoms with Crippen LogP contribution in [0.2, 0.25) is 0 Å². The third-order valence-corrected chi connectivity index (χ3v) is 4.67. The molecule has 0 saturated carbocycles. The minimum atomic E-state index is 0.515. The molecule has 0 unspecified atom stereocenters. The van der Waals surface area contributed by atoms with Crippen LogP contribution in [-0.2, 0) is 6.42 Å². The maximum atomic E-state index is 6.36. The summed E-state index contributed by atoms with van der Waals surface area (Å²) in [5, 5.41) is 3.56. The Balaban J connectivity index is 2.53. The van der Waals surface area contributed by atoms with Crippen molar-refractivity contribution in [3.8, 4) is 0 Å². The van der Waals surface area contributed by atoms with Crippen molar-refractivity contribution >= 4 is 23.0 Å². The van der Waals surface area contributed by atoms with Crippen molar-refractivity contribution in [2.24, 2.45) is 0 Å². The van der Waals surface area contributed by atoms with Gasteiger partial charge in [0.05, 0.1) is 0 Å². The van der Waals surface area contributed by atoms with E-state index in [1.165, 1.54) is 16.7 Å². The van der Waals surface area contributed by atoms with E-state index in [0.29, 0.717) is 5.82 Å². The quantitative estimate of drug-likeness (QED) is 0.704. The third kappa shape index (κ3) is 4.45. The zero-order valence-corrected chi connectivity index (χ0v) is 17.1. The van der Waals surface area contributed by atoms with Crippen LogP contribution in [0.3, 0.4) is 0 Å². The first-order chi connectivity index (χ1) is 12.4. The largest absolute Gasteiger partial charge is 0.382 e. The molecule has 0 spiro atoms. The second-order valence-corrected chi connectivity index (χ2v) is 6.91. The van der Waals surface area contributed by atoms with E-state index < -0.39 is 0 Å². The number of aromatic nitrogens is 2. The predicted octanol–water partition coefficient (Wildman–Crippen LogP) is 4.92. The highest BCUT2D eigenvalue weighted by Crippen LogP contribution is 2.34. The van der Waals surface area contributed by atoms with E-state index in [2.05, 4.69) is 68.9 Å². The summed E-state index contributed by atoms with van der Waals surface area (Å²) in [4.78, 5) is 11.6.